The first-order chi connectivity index (χ1) is 12.3. The van der Waals surface area contributed by atoms with E-state index in [-0.39, 0.29) is 19.8 Å². The molecule has 1 rings (SSSR count). The van der Waals surface area contributed by atoms with Crippen LogP contribution in [0.5, 0.6) is 5.75 Å². The summed E-state index contributed by atoms with van der Waals surface area (Å²) in [5.74, 6) is -14.1. The minimum atomic E-state index is -2.34. The van der Waals surface area contributed by atoms with Gasteiger partial charge in [0.25, 0.3) is 0 Å². The van der Waals surface area contributed by atoms with Crippen molar-refractivity contribution in [3.63, 3.8) is 0 Å². The number of ether oxygens (including phenoxy) is 2. The normalized spacial score (nSPS) is 11.5. The number of hydrogen-bond acceptors (Lipinski definition) is 6. The van der Waals surface area contributed by atoms with E-state index in [1.54, 1.807) is 0 Å². The molecule has 0 aromatic heterocycles. The topological polar surface area (TPSA) is 93.8 Å². The fourth-order valence-electron chi connectivity index (χ4n) is 1.63. The van der Waals surface area contributed by atoms with Gasteiger partial charge in [-0.1, -0.05) is 0 Å². The van der Waals surface area contributed by atoms with Crippen molar-refractivity contribution in [2.45, 2.75) is 12.8 Å². The van der Waals surface area contributed by atoms with Crippen molar-refractivity contribution < 1.29 is 41.3 Å². The minimum absolute atomic E-state index is 0.0916. The van der Waals surface area contributed by atoms with Crippen molar-refractivity contribution in [2.24, 2.45) is 5.73 Å². The molecule has 0 spiro atoms. The van der Waals surface area contributed by atoms with Gasteiger partial charge in [0.15, 0.2) is 0 Å². The Kier molecular flexibility index (Phi) is 8.79. The van der Waals surface area contributed by atoms with E-state index < -0.39 is 47.2 Å². The maximum absolute atomic E-state index is 13.3. The van der Waals surface area contributed by atoms with Crippen LogP contribution in [0, 0.1) is 29.1 Å². The molecule has 0 heterocycles. The number of nitrogens with two attached hydrogens (primary N) is 1. The Balaban J connectivity index is 2.39. The third-order valence-corrected chi connectivity index (χ3v) is 2.91. The van der Waals surface area contributed by atoms with Gasteiger partial charge in [-0.3, -0.25) is 4.79 Å². The molecule has 1 aromatic rings. The highest BCUT2D eigenvalue weighted by molar-refractivity contribution is 5.72. The van der Waals surface area contributed by atoms with Crippen LogP contribution in [0.3, 0.4) is 0 Å². The van der Waals surface area contributed by atoms with Crippen LogP contribution in [0.25, 0.3) is 0 Å². The lowest BCUT2D eigenvalue weighted by molar-refractivity contribution is -0.136. The van der Waals surface area contributed by atoms with Gasteiger partial charge < -0.3 is 25.6 Å². The van der Waals surface area contributed by atoms with Gasteiger partial charge in [0.1, 0.15) is 0 Å². The minimum Gasteiger partial charge on any atom is -0.420 e. The van der Waals surface area contributed by atoms with Crippen molar-refractivity contribution >= 4 is 5.97 Å². The van der Waals surface area contributed by atoms with Gasteiger partial charge in [-0.05, 0) is 0 Å². The lowest BCUT2D eigenvalue weighted by Crippen LogP contribution is -2.19. The largest absolute Gasteiger partial charge is 0.420 e. The van der Waals surface area contributed by atoms with Crippen LogP contribution >= 0.6 is 0 Å². The van der Waals surface area contributed by atoms with Crippen LogP contribution in [-0.4, -0.2) is 37.4 Å². The Bertz CT molecular complexity index is 641. The molecule has 1 aromatic carbocycles. The quantitative estimate of drug-likeness (QED) is 0.141. The smallest absolute Gasteiger partial charge is 0.313 e. The molecule has 0 amide bonds. The van der Waals surface area contributed by atoms with Crippen LogP contribution in [0.4, 0.5) is 22.0 Å². The number of nitrogens with one attached hydrogen (secondary N) is 1. The summed E-state index contributed by atoms with van der Waals surface area (Å²) in [6, 6.07) is 0. The third-order valence-electron chi connectivity index (χ3n) is 2.91. The molecule has 26 heavy (non-hydrogen) atoms. The molecular weight excluding hydrogens is 367 g/mol. The second kappa shape index (κ2) is 10.6. The fraction of sp³-hybridized carbons (Fsp3) is 0.400. The zero-order valence-corrected chi connectivity index (χ0v) is 13.5. The van der Waals surface area contributed by atoms with Crippen molar-refractivity contribution in [3.05, 3.63) is 41.0 Å². The van der Waals surface area contributed by atoms with Crippen LogP contribution in [0.15, 0.2) is 11.9 Å². The predicted octanol–water partition coefficient (Wildman–Crippen LogP) is 1.47. The first-order valence-electron chi connectivity index (χ1n) is 7.38. The maximum Gasteiger partial charge on any atom is 0.313 e. The molecule has 0 atom stereocenters. The Morgan fingerprint density at radius 2 is 1.58 bits per heavy atom. The van der Waals surface area contributed by atoms with Gasteiger partial charge in [-0.15, -0.1) is 0 Å². The molecule has 0 radical (unpaired) electrons. The number of halogens is 5. The summed E-state index contributed by atoms with van der Waals surface area (Å²) in [4.78, 5) is 11.4. The number of carbonyl (C=O) groups is 1. The van der Waals surface area contributed by atoms with Gasteiger partial charge in [0.05, 0.1) is 19.6 Å². The maximum atomic E-state index is 13.3. The molecule has 0 unspecified atom stereocenters. The van der Waals surface area contributed by atoms with Gasteiger partial charge in [0, 0.05) is 31.5 Å². The lowest BCUT2D eigenvalue weighted by atomic mass is 10.2. The molecule has 0 bridgehead atoms. The van der Waals surface area contributed by atoms with E-state index in [1.807, 2.05) is 0 Å². The van der Waals surface area contributed by atoms with Crippen LogP contribution < -0.4 is 15.8 Å². The first kappa shape index (κ1) is 21.6. The van der Waals surface area contributed by atoms with Crippen molar-refractivity contribution in [1.29, 1.82) is 0 Å². The van der Waals surface area contributed by atoms with E-state index in [0.717, 1.165) is 0 Å². The summed E-state index contributed by atoms with van der Waals surface area (Å²) < 4.78 is 74.7. The standard InChI is InChI=1S/C15H17F5N2O4/c16-10-11(17)13(19)15(14(20)12(10)18)26-9(24)2-5-25-6-3-22-7-8(21)1-4-23/h7,22-23H,1-6,21H2/b8-7-. The molecule has 146 valence electrons. The average Bonchev–Trinajstić information content (AvgIpc) is 2.61. The second-order valence-electron chi connectivity index (χ2n) is 4.88. The van der Waals surface area contributed by atoms with E-state index in [0.29, 0.717) is 18.7 Å². The number of hydrogen-bond donors (Lipinski definition) is 3. The molecule has 4 N–H and O–H groups in total. The van der Waals surface area contributed by atoms with Crippen molar-refractivity contribution in [1.82, 2.24) is 5.32 Å². The van der Waals surface area contributed by atoms with Gasteiger partial charge >= 0.3 is 5.97 Å². The van der Waals surface area contributed by atoms with E-state index in [4.69, 9.17) is 15.6 Å². The lowest BCUT2D eigenvalue weighted by Gasteiger charge is -2.09. The Morgan fingerprint density at radius 1 is 1.00 bits per heavy atom. The van der Waals surface area contributed by atoms with E-state index in [1.165, 1.54) is 6.20 Å². The number of aliphatic hydroxyl groups is 1. The Labute approximate surface area is 145 Å². The summed E-state index contributed by atoms with van der Waals surface area (Å²) in [7, 11) is 0. The number of esters is 1. The summed E-state index contributed by atoms with van der Waals surface area (Å²) in [6.45, 7) is 0.162. The third kappa shape index (κ3) is 6.15. The molecule has 0 saturated heterocycles. The average molecular weight is 384 g/mol. The molecule has 0 aliphatic heterocycles. The van der Waals surface area contributed by atoms with Gasteiger partial charge in [-0.25, -0.2) is 13.2 Å². The van der Waals surface area contributed by atoms with Crippen LogP contribution in [-0.2, 0) is 9.53 Å². The molecular formula is C15H17F5N2O4. The molecule has 0 aliphatic carbocycles. The predicted molar refractivity (Wildman–Crippen MR) is 79.3 cm³/mol. The monoisotopic (exact) mass is 384 g/mol. The number of carbonyl (C=O) groups excluding carboxylic acids is 1. The van der Waals surface area contributed by atoms with E-state index >= 15 is 0 Å². The summed E-state index contributed by atoms with van der Waals surface area (Å²) >= 11 is 0. The Hall–Kier alpha value is -2.40. The molecule has 6 nitrogen and oxygen atoms in total. The van der Waals surface area contributed by atoms with E-state index in [2.05, 4.69) is 10.1 Å². The van der Waals surface area contributed by atoms with Gasteiger partial charge in [-0.2, -0.15) is 8.78 Å². The fourth-order valence-corrected chi connectivity index (χ4v) is 1.63. The molecule has 11 heteroatoms. The zero-order valence-electron chi connectivity index (χ0n) is 13.5. The number of rotatable bonds is 10. The summed E-state index contributed by atoms with van der Waals surface area (Å²) in [5.41, 5.74) is 5.92. The highest BCUT2D eigenvalue weighted by Gasteiger charge is 2.28. The molecule has 0 saturated carbocycles. The number of benzene rings is 1. The molecule has 0 aliphatic rings. The number of aliphatic hydroxyl groups excluding tert-OH is 1. The highest BCUT2D eigenvalue weighted by atomic mass is 19.2. The summed E-state index contributed by atoms with van der Waals surface area (Å²) in [6.07, 6.45) is 1.30. The SMILES string of the molecule is N/C(=C\NCCOCCC(=O)Oc1c(F)c(F)c(F)c(F)c1F)CCO. The summed E-state index contributed by atoms with van der Waals surface area (Å²) in [5, 5.41) is 11.4. The van der Waals surface area contributed by atoms with E-state index in [9.17, 15) is 26.7 Å². The molecule has 0 fully saturated rings. The van der Waals surface area contributed by atoms with Crippen LogP contribution in [0.2, 0.25) is 0 Å². The van der Waals surface area contributed by atoms with Crippen molar-refractivity contribution in [3.8, 4) is 5.75 Å². The zero-order chi connectivity index (χ0) is 19.7. The highest BCUT2D eigenvalue weighted by Crippen LogP contribution is 2.29. The first-order valence-corrected chi connectivity index (χ1v) is 7.38. The van der Waals surface area contributed by atoms with Gasteiger partial charge in [0.2, 0.25) is 34.8 Å². The Morgan fingerprint density at radius 3 is 2.15 bits per heavy atom. The van der Waals surface area contributed by atoms with Crippen molar-refractivity contribution in [2.75, 3.05) is 26.4 Å². The van der Waals surface area contributed by atoms with Crippen LogP contribution in [0.1, 0.15) is 12.8 Å². The second-order valence-corrected chi connectivity index (χ2v) is 4.88.